The highest BCUT2D eigenvalue weighted by Gasteiger charge is 2.23. The molecule has 1 aromatic rings. The van der Waals surface area contributed by atoms with Crippen LogP contribution in [-0.4, -0.2) is 11.9 Å². The molecule has 1 atom stereocenters. The van der Waals surface area contributed by atoms with Gasteiger partial charge in [-0.15, -0.1) is 0 Å². The maximum Gasteiger partial charge on any atom is 0.225 e. The van der Waals surface area contributed by atoms with Crippen LogP contribution in [0.5, 0.6) is 0 Å². The molecule has 0 aliphatic rings. The van der Waals surface area contributed by atoms with Crippen molar-refractivity contribution in [3.05, 3.63) is 29.3 Å². The monoisotopic (exact) mass is 248 g/mol. The number of rotatable bonds is 3. The summed E-state index contributed by atoms with van der Waals surface area (Å²) in [5.74, 6) is -0.0221. The van der Waals surface area contributed by atoms with E-state index >= 15 is 0 Å². The van der Waals surface area contributed by atoms with Crippen LogP contribution in [0.3, 0.4) is 0 Å². The molecule has 0 radical (unpaired) electrons. The van der Waals surface area contributed by atoms with Crippen LogP contribution >= 0.6 is 0 Å². The zero-order valence-corrected chi connectivity index (χ0v) is 12.0. The Morgan fingerprint density at radius 2 is 1.94 bits per heavy atom. The molecule has 0 saturated carbocycles. The number of hydrogen-bond acceptors (Lipinski definition) is 2. The maximum atomic E-state index is 11.9. The van der Waals surface area contributed by atoms with Crippen molar-refractivity contribution in [2.24, 2.45) is 11.1 Å². The van der Waals surface area contributed by atoms with E-state index in [0.29, 0.717) is 6.42 Å². The second kappa shape index (κ2) is 5.53. The summed E-state index contributed by atoms with van der Waals surface area (Å²) in [6.07, 6.45) is 0.344. The number of benzene rings is 1. The number of nitrogens with one attached hydrogen (secondary N) is 1. The van der Waals surface area contributed by atoms with Gasteiger partial charge >= 0.3 is 0 Å². The van der Waals surface area contributed by atoms with E-state index in [0.717, 1.165) is 16.8 Å². The molecule has 0 heterocycles. The maximum absolute atomic E-state index is 11.9. The van der Waals surface area contributed by atoms with Gasteiger partial charge in [-0.2, -0.15) is 0 Å². The second-order valence-electron chi connectivity index (χ2n) is 6.04. The van der Waals surface area contributed by atoms with Crippen LogP contribution in [0.25, 0.3) is 0 Å². The van der Waals surface area contributed by atoms with E-state index in [4.69, 9.17) is 5.73 Å². The minimum absolute atomic E-state index is 0.0221. The molecule has 18 heavy (non-hydrogen) atoms. The summed E-state index contributed by atoms with van der Waals surface area (Å²) in [4.78, 5) is 11.9. The molecule has 0 bridgehead atoms. The van der Waals surface area contributed by atoms with Crippen LogP contribution < -0.4 is 11.1 Å². The highest BCUT2D eigenvalue weighted by molar-refractivity contribution is 5.92. The van der Waals surface area contributed by atoms with Crippen LogP contribution in [-0.2, 0) is 4.79 Å². The molecule has 3 heteroatoms. The van der Waals surface area contributed by atoms with E-state index in [1.165, 1.54) is 0 Å². The van der Waals surface area contributed by atoms with Crippen molar-refractivity contribution < 1.29 is 4.79 Å². The first-order valence-electron chi connectivity index (χ1n) is 6.33. The van der Waals surface area contributed by atoms with Gasteiger partial charge in [-0.3, -0.25) is 4.79 Å². The van der Waals surface area contributed by atoms with Crippen LogP contribution in [0, 0.1) is 19.3 Å². The standard InChI is InChI=1S/C15H24N2O/c1-10-6-7-11(2)12(8-10)17-14(18)9-13(16)15(3,4)5/h6-8,13H,9,16H2,1-5H3,(H,17,18). The second-order valence-corrected chi connectivity index (χ2v) is 6.04. The third-order valence-corrected chi connectivity index (χ3v) is 3.18. The highest BCUT2D eigenvalue weighted by Crippen LogP contribution is 2.21. The minimum Gasteiger partial charge on any atom is -0.327 e. The van der Waals surface area contributed by atoms with E-state index in [1.54, 1.807) is 0 Å². The summed E-state index contributed by atoms with van der Waals surface area (Å²) >= 11 is 0. The van der Waals surface area contributed by atoms with Gasteiger partial charge in [0.2, 0.25) is 5.91 Å². The van der Waals surface area contributed by atoms with Crippen LogP contribution in [0.2, 0.25) is 0 Å². The van der Waals surface area contributed by atoms with Gasteiger partial charge in [-0.1, -0.05) is 32.9 Å². The van der Waals surface area contributed by atoms with Crippen molar-refractivity contribution in [3.63, 3.8) is 0 Å². The van der Waals surface area contributed by atoms with Gasteiger partial charge < -0.3 is 11.1 Å². The molecule has 0 spiro atoms. The molecule has 0 aromatic heterocycles. The quantitative estimate of drug-likeness (QED) is 0.864. The normalized spacial score (nSPS) is 13.2. The molecule has 0 aliphatic carbocycles. The smallest absolute Gasteiger partial charge is 0.225 e. The van der Waals surface area contributed by atoms with Gasteiger partial charge in [0.1, 0.15) is 0 Å². The van der Waals surface area contributed by atoms with Gasteiger partial charge in [-0.05, 0) is 36.5 Å². The van der Waals surface area contributed by atoms with Gasteiger partial charge in [0.25, 0.3) is 0 Å². The first kappa shape index (κ1) is 14.7. The zero-order valence-electron chi connectivity index (χ0n) is 12.0. The number of hydrogen-bond donors (Lipinski definition) is 2. The Morgan fingerprint density at radius 1 is 1.33 bits per heavy atom. The number of carbonyl (C=O) groups excluding carboxylic acids is 1. The van der Waals surface area contributed by atoms with Crippen molar-refractivity contribution >= 4 is 11.6 Å². The van der Waals surface area contributed by atoms with Gasteiger partial charge in [0.05, 0.1) is 0 Å². The van der Waals surface area contributed by atoms with Crippen LogP contribution in [0.15, 0.2) is 18.2 Å². The van der Waals surface area contributed by atoms with E-state index in [1.807, 2.05) is 52.8 Å². The van der Waals surface area contributed by atoms with Crippen LogP contribution in [0.1, 0.15) is 38.3 Å². The molecular weight excluding hydrogens is 224 g/mol. The third kappa shape index (κ3) is 4.15. The average molecular weight is 248 g/mol. The Labute approximate surface area is 110 Å². The van der Waals surface area contributed by atoms with E-state index in [9.17, 15) is 4.79 Å². The lowest BCUT2D eigenvalue weighted by molar-refractivity contribution is -0.117. The molecule has 100 valence electrons. The Bertz CT molecular complexity index is 433. The zero-order chi connectivity index (χ0) is 13.9. The Morgan fingerprint density at radius 3 is 2.50 bits per heavy atom. The van der Waals surface area contributed by atoms with Crippen molar-refractivity contribution in [1.82, 2.24) is 0 Å². The molecule has 0 aliphatic heterocycles. The summed E-state index contributed by atoms with van der Waals surface area (Å²) in [6, 6.07) is 5.89. The first-order valence-corrected chi connectivity index (χ1v) is 6.33. The fourth-order valence-electron chi connectivity index (χ4n) is 1.58. The number of carbonyl (C=O) groups is 1. The predicted molar refractivity (Wildman–Crippen MR) is 76.6 cm³/mol. The van der Waals surface area contributed by atoms with Crippen molar-refractivity contribution in [2.45, 2.75) is 47.1 Å². The topological polar surface area (TPSA) is 55.1 Å². The molecular formula is C15H24N2O. The van der Waals surface area contributed by atoms with Gasteiger partial charge in [-0.25, -0.2) is 0 Å². The summed E-state index contributed by atoms with van der Waals surface area (Å²) in [5.41, 5.74) is 9.03. The fourth-order valence-corrected chi connectivity index (χ4v) is 1.58. The highest BCUT2D eigenvalue weighted by atomic mass is 16.1. The minimum atomic E-state index is -0.136. The first-order chi connectivity index (χ1) is 8.20. The lowest BCUT2D eigenvalue weighted by Crippen LogP contribution is -2.38. The SMILES string of the molecule is Cc1ccc(C)c(NC(=O)CC(N)C(C)(C)C)c1. The number of anilines is 1. The van der Waals surface area contributed by atoms with Gasteiger partial charge in [0, 0.05) is 18.2 Å². The van der Waals surface area contributed by atoms with Crippen molar-refractivity contribution in [1.29, 1.82) is 0 Å². The Kier molecular flexibility index (Phi) is 4.52. The lowest BCUT2D eigenvalue weighted by Gasteiger charge is -2.26. The summed E-state index contributed by atoms with van der Waals surface area (Å²) in [5, 5.41) is 2.94. The number of amides is 1. The Balaban J connectivity index is 2.68. The molecule has 1 amide bonds. The Hall–Kier alpha value is -1.35. The number of nitrogens with two attached hydrogens (primary N) is 1. The molecule has 3 N–H and O–H groups in total. The molecule has 1 rings (SSSR count). The van der Waals surface area contributed by atoms with E-state index < -0.39 is 0 Å². The molecule has 0 fully saturated rings. The number of aryl methyl sites for hydroxylation is 2. The molecule has 1 unspecified atom stereocenters. The summed E-state index contributed by atoms with van der Waals surface area (Å²) < 4.78 is 0. The van der Waals surface area contributed by atoms with Crippen LogP contribution in [0.4, 0.5) is 5.69 Å². The lowest BCUT2D eigenvalue weighted by atomic mass is 9.85. The van der Waals surface area contributed by atoms with Gasteiger partial charge in [0.15, 0.2) is 0 Å². The van der Waals surface area contributed by atoms with E-state index in [2.05, 4.69) is 5.32 Å². The third-order valence-electron chi connectivity index (χ3n) is 3.18. The molecule has 1 aromatic carbocycles. The van der Waals surface area contributed by atoms with E-state index in [-0.39, 0.29) is 17.4 Å². The summed E-state index contributed by atoms with van der Waals surface area (Å²) in [6.45, 7) is 10.1. The predicted octanol–water partition coefficient (Wildman–Crippen LogP) is 3.01. The summed E-state index contributed by atoms with van der Waals surface area (Å²) in [7, 11) is 0. The largest absolute Gasteiger partial charge is 0.327 e. The molecule has 3 nitrogen and oxygen atoms in total. The average Bonchev–Trinajstić information content (AvgIpc) is 2.22. The molecule has 0 saturated heterocycles. The van der Waals surface area contributed by atoms with Crippen molar-refractivity contribution in [2.75, 3.05) is 5.32 Å². The van der Waals surface area contributed by atoms with Crippen molar-refractivity contribution in [3.8, 4) is 0 Å². The fraction of sp³-hybridized carbons (Fsp3) is 0.533.